The lowest BCUT2D eigenvalue weighted by Crippen LogP contribution is -2.67. The first-order valence-electron chi connectivity index (χ1n) is 10.8. The molecule has 0 aliphatic heterocycles. The summed E-state index contributed by atoms with van der Waals surface area (Å²) in [6.07, 6.45) is 5.06. The molecule has 9 heteroatoms. The van der Waals surface area contributed by atoms with Crippen molar-refractivity contribution in [1.29, 1.82) is 5.26 Å². The third-order valence-corrected chi connectivity index (χ3v) is 7.20. The van der Waals surface area contributed by atoms with Gasteiger partial charge in [-0.25, -0.2) is 9.37 Å². The van der Waals surface area contributed by atoms with Crippen LogP contribution in [0.2, 0.25) is 5.02 Å². The molecule has 1 heterocycles. The number of nitrogens with zero attached hydrogens (tertiary/aromatic N) is 2. The Balaban J connectivity index is 1.34. The molecule has 7 nitrogen and oxygen atoms in total. The molecule has 2 bridgehead atoms. The summed E-state index contributed by atoms with van der Waals surface area (Å²) in [5.74, 6) is -0.740. The first-order valence-corrected chi connectivity index (χ1v) is 11.2. The number of aromatic nitrogens is 1. The minimum atomic E-state index is -0.601. The smallest absolute Gasteiger partial charge is 0.270 e. The predicted molar refractivity (Wildman–Crippen MR) is 119 cm³/mol. The van der Waals surface area contributed by atoms with Crippen LogP contribution in [0.25, 0.3) is 0 Å². The second kappa shape index (κ2) is 8.99. The van der Waals surface area contributed by atoms with Gasteiger partial charge in [-0.1, -0.05) is 18.5 Å². The van der Waals surface area contributed by atoms with E-state index in [9.17, 15) is 14.0 Å². The Morgan fingerprint density at radius 1 is 1.24 bits per heavy atom. The maximum Gasteiger partial charge on any atom is 0.270 e. The Kier molecular flexibility index (Phi) is 6.26. The van der Waals surface area contributed by atoms with Crippen molar-refractivity contribution >= 4 is 23.4 Å². The van der Waals surface area contributed by atoms with E-state index in [4.69, 9.17) is 21.6 Å². The van der Waals surface area contributed by atoms with Crippen molar-refractivity contribution in [2.45, 2.75) is 50.1 Å². The van der Waals surface area contributed by atoms with Crippen LogP contribution in [0.3, 0.4) is 0 Å². The van der Waals surface area contributed by atoms with Crippen LogP contribution in [-0.4, -0.2) is 34.5 Å². The molecule has 33 heavy (non-hydrogen) atoms. The second-order valence-electron chi connectivity index (χ2n) is 8.95. The Bertz CT molecular complexity index is 1110. The van der Waals surface area contributed by atoms with Gasteiger partial charge in [0.2, 0.25) is 0 Å². The molecule has 2 N–H and O–H groups in total. The third kappa shape index (κ3) is 4.79. The van der Waals surface area contributed by atoms with E-state index in [1.54, 1.807) is 12.1 Å². The Labute approximate surface area is 196 Å². The number of nitrogens with one attached hydrogen (secondary N) is 2. The summed E-state index contributed by atoms with van der Waals surface area (Å²) >= 11 is 5.67. The maximum atomic E-state index is 13.6. The molecule has 172 valence electrons. The zero-order chi connectivity index (χ0) is 23.6. The summed E-state index contributed by atoms with van der Waals surface area (Å²) in [4.78, 5) is 29.4. The predicted octanol–water partition coefficient (Wildman–Crippen LogP) is 3.76. The minimum Gasteiger partial charge on any atom is -0.484 e. The van der Waals surface area contributed by atoms with E-state index in [1.165, 1.54) is 18.3 Å². The summed E-state index contributed by atoms with van der Waals surface area (Å²) < 4.78 is 19.0. The molecule has 0 spiro atoms. The van der Waals surface area contributed by atoms with Crippen LogP contribution < -0.4 is 15.4 Å². The van der Waals surface area contributed by atoms with Gasteiger partial charge in [-0.3, -0.25) is 9.59 Å². The SMILES string of the molecule is CC1CC2(NC(=O)c3ccc(C#N)cn3)CCC1(NC(=O)COc1ccc(Cl)c(F)c1)CC2. The van der Waals surface area contributed by atoms with Gasteiger partial charge in [0.25, 0.3) is 11.8 Å². The van der Waals surface area contributed by atoms with Gasteiger partial charge < -0.3 is 15.4 Å². The van der Waals surface area contributed by atoms with Gasteiger partial charge in [-0.05, 0) is 62.3 Å². The number of hydrogen-bond donors (Lipinski definition) is 2. The second-order valence-corrected chi connectivity index (χ2v) is 9.36. The molecule has 2 amide bonds. The van der Waals surface area contributed by atoms with Crippen LogP contribution in [0, 0.1) is 23.1 Å². The molecule has 3 saturated carbocycles. The van der Waals surface area contributed by atoms with Crippen molar-refractivity contribution in [3.63, 3.8) is 0 Å². The van der Waals surface area contributed by atoms with Crippen molar-refractivity contribution in [1.82, 2.24) is 15.6 Å². The van der Waals surface area contributed by atoms with Crippen LogP contribution in [0.5, 0.6) is 5.75 Å². The fraction of sp³-hybridized carbons (Fsp3) is 0.417. The van der Waals surface area contributed by atoms with Crippen LogP contribution >= 0.6 is 11.6 Å². The van der Waals surface area contributed by atoms with Crippen LogP contribution in [0.4, 0.5) is 4.39 Å². The number of carbonyl (C=O) groups excluding carboxylic acids is 2. The molecule has 1 unspecified atom stereocenters. The zero-order valence-corrected chi connectivity index (χ0v) is 18.9. The summed E-state index contributed by atoms with van der Waals surface area (Å²) in [5, 5.41) is 15.2. The normalized spacial score (nSPS) is 25.7. The number of benzene rings is 1. The average Bonchev–Trinajstić information content (AvgIpc) is 2.81. The number of halogens is 2. The lowest BCUT2D eigenvalue weighted by molar-refractivity contribution is -0.128. The molecule has 5 rings (SSSR count). The number of carbonyl (C=O) groups is 2. The number of amides is 2. The first-order chi connectivity index (χ1) is 15.7. The lowest BCUT2D eigenvalue weighted by Gasteiger charge is -2.57. The molecule has 1 aromatic heterocycles. The molecule has 1 aromatic carbocycles. The molecular formula is C24H24ClFN4O3. The minimum absolute atomic E-state index is 0.00513. The lowest BCUT2D eigenvalue weighted by atomic mass is 9.56. The van der Waals surface area contributed by atoms with E-state index in [-0.39, 0.29) is 51.9 Å². The van der Waals surface area contributed by atoms with Gasteiger partial charge in [-0.2, -0.15) is 5.26 Å². The Morgan fingerprint density at radius 2 is 2.00 bits per heavy atom. The standard InChI is InChI=1S/C24H24ClFN4O3/c1-15-11-23(30-22(32)20-5-2-16(12-27)13-28-20)6-8-24(15,9-7-23)29-21(31)14-33-17-3-4-18(25)19(26)10-17/h2-5,10,13,15H,6-9,11,14H2,1H3,(H,29,31)(H,30,32). The van der Waals surface area contributed by atoms with Crippen molar-refractivity contribution in [3.8, 4) is 11.8 Å². The van der Waals surface area contributed by atoms with Crippen molar-refractivity contribution in [2.75, 3.05) is 6.61 Å². The average molecular weight is 471 g/mol. The monoisotopic (exact) mass is 470 g/mol. The van der Waals surface area contributed by atoms with E-state index >= 15 is 0 Å². The van der Waals surface area contributed by atoms with Crippen LogP contribution in [0.1, 0.15) is 55.1 Å². The van der Waals surface area contributed by atoms with Crippen molar-refractivity contribution in [3.05, 3.63) is 58.6 Å². The van der Waals surface area contributed by atoms with E-state index in [0.29, 0.717) is 5.56 Å². The summed E-state index contributed by atoms with van der Waals surface area (Å²) in [5.41, 5.74) is -0.0114. The summed E-state index contributed by atoms with van der Waals surface area (Å²) in [6.45, 7) is 1.86. The highest BCUT2D eigenvalue weighted by Gasteiger charge is 2.54. The number of nitriles is 1. The van der Waals surface area contributed by atoms with Crippen molar-refractivity contribution < 1.29 is 18.7 Å². The molecule has 0 saturated heterocycles. The number of ether oxygens (including phenoxy) is 1. The number of rotatable bonds is 6. The van der Waals surface area contributed by atoms with Gasteiger partial charge in [-0.15, -0.1) is 0 Å². The summed E-state index contributed by atoms with van der Waals surface area (Å²) in [6, 6.07) is 9.16. The third-order valence-electron chi connectivity index (χ3n) is 6.89. The van der Waals surface area contributed by atoms with Gasteiger partial charge >= 0.3 is 0 Å². The fourth-order valence-corrected chi connectivity index (χ4v) is 5.12. The highest BCUT2D eigenvalue weighted by Crippen LogP contribution is 2.50. The Morgan fingerprint density at radius 3 is 2.61 bits per heavy atom. The largest absolute Gasteiger partial charge is 0.484 e. The van der Waals surface area contributed by atoms with E-state index in [1.807, 2.05) is 6.07 Å². The fourth-order valence-electron chi connectivity index (χ4n) is 5.01. The van der Waals surface area contributed by atoms with E-state index < -0.39 is 5.82 Å². The highest BCUT2D eigenvalue weighted by atomic mass is 35.5. The zero-order valence-electron chi connectivity index (χ0n) is 18.2. The highest BCUT2D eigenvalue weighted by molar-refractivity contribution is 6.30. The van der Waals surface area contributed by atoms with Gasteiger partial charge in [0.1, 0.15) is 23.3 Å². The topological polar surface area (TPSA) is 104 Å². The summed E-state index contributed by atoms with van der Waals surface area (Å²) in [7, 11) is 0. The first kappa shape index (κ1) is 23.0. The maximum absolute atomic E-state index is 13.6. The molecule has 0 radical (unpaired) electrons. The molecule has 1 atom stereocenters. The van der Waals surface area contributed by atoms with Crippen LogP contribution in [0.15, 0.2) is 36.5 Å². The number of hydrogen-bond acceptors (Lipinski definition) is 5. The van der Waals surface area contributed by atoms with Crippen molar-refractivity contribution in [2.24, 2.45) is 5.92 Å². The Hall–Kier alpha value is -3.18. The number of fused-ring (bicyclic) bond motifs is 3. The quantitative estimate of drug-likeness (QED) is 0.668. The van der Waals surface area contributed by atoms with Gasteiger partial charge in [0, 0.05) is 23.3 Å². The number of pyridine rings is 1. The van der Waals surface area contributed by atoms with Crippen LogP contribution in [-0.2, 0) is 4.79 Å². The molecule has 3 fully saturated rings. The molecule has 3 aliphatic rings. The molecule has 2 aromatic rings. The van der Waals surface area contributed by atoms with E-state index in [0.717, 1.165) is 38.2 Å². The van der Waals surface area contributed by atoms with E-state index in [2.05, 4.69) is 22.5 Å². The molecule has 3 aliphatic carbocycles. The van der Waals surface area contributed by atoms with Gasteiger partial charge in [0.05, 0.1) is 10.6 Å². The molecular weight excluding hydrogens is 447 g/mol. The van der Waals surface area contributed by atoms with Gasteiger partial charge in [0.15, 0.2) is 6.61 Å².